The predicted molar refractivity (Wildman–Crippen MR) is 118 cm³/mol. The summed E-state index contributed by atoms with van der Waals surface area (Å²) >= 11 is 2.39. The number of thioether (sulfide) groups is 1. The molecule has 0 saturated carbocycles. The lowest BCUT2D eigenvalue weighted by molar-refractivity contribution is -0.150. The molecule has 3 heterocycles. The molecule has 14 heteroatoms. The molecule has 0 aliphatic carbocycles. The van der Waals surface area contributed by atoms with Gasteiger partial charge in [-0.25, -0.2) is 9.78 Å². The van der Waals surface area contributed by atoms with E-state index in [9.17, 15) is 34.5 Å². The minimum atomic E-state index is -1.22. The third kappa shape index (κ3) is 4.05. The maximum absolute atomic E-state index is 12.7. The van der Waals surface area contributed by atoms with E-state index < -0.39 is 53.2 Å². The Labute approximate surface area is 194 Å². The fourth-order valence-corrected chi connectivity index (χ4v) is 5.20. The number of anilines is 1. The van der Waals surface area contributed by atoms with Gasteiger partial charge in [0.2, 0.25) is 5.91 Å². The van der Waals surface area contributed by atoms with Crippen LogP contribution in [0, 0.1) is 0 Å². The lowest BCUT2D eigenvalue weighted by Gasteiger charge is -2.48. The molecule has 7 N–H and O–H groups in total. The molecule has 0 radical (unpaired) electrons. The molecule has 12 nitrogen and oxygen atoms in total. The molecule has 0 bridgehead atoms. The van der Waals surface area contributed by atoms with Gasteiger partial charge < -0.3 is 31.7 Å². The van der Waals surface area contributed by atoms with Crippen molar-refractivity contribution in [3.63, 3.8) is 0 Å². The maximum atomic E-state index is 12.7. The number of nitrogen functional groups attached to an aromatic ring is 1. The SMILES string of the molecule is Nc1nc(-c2c(C(=O)NCC(=O)NC3C(=O)N4C(C(=O)O)=CCSC34)ccc(O)c2O)cs1. The van der Waals surface area contributed by atoms with Crippen molar-refractivity contribution in [1.29, 1.82) is 0 Å². The number of aromatic nitrogens is 1. The van der Waals surface area contributed by atoms with Crippen LogP contribution in [0.4, 0.5) is 5.13 Å². The maximum Gasteiger partial charge on any atom is 0.352 e. The third-order valence-electron chi connectivity index (χ3n) is 4.97. The van der Waals surface area contributed by atoms with Gasteiger partial charge in [-0.15, -0.1) is 23.1 Å². The highest BCUT2D eigenvalue weighted by molar-refractivity contribution is 8.00. The molecule has 2 aliphatic heterocycles. The summed E-state index contributed by atoms with van der Waals surface area (Å²) in [5, 5.41) is 35.3. The normalized spacial score (nSPS) is 19.2. The number of hydrogen-bond donors (Lipinski definition) is 6. The van der Waals surface area contributed by atoms with Crippen molar-refractivity contribution in [2.24, 2.45) is 0 Å². The van der Waals surface area contributed by atoms with Crippen molar-refractivity contribution >= 4 is 51.9 Å². The number of fused-ring (bicyclic) bond motifs is 1. The van der Waals surface area contributed by atoms with Gasteiger partial charge in [0, 0.05) is 11.1 Å². The predicted octanol–water partition coefficient (Wildman–Crippen LogP) is -0.0983. The van der Waals surface area contributed by atoms with Crippen molar-refractivity contribution in [2.45, 2.75) is 11.4 Å². The quantitative estimate of drug-likeness (QED) is 0.235. The Kier molecular flexibility index (Phi) is 5.86. The second-order valence-corrected chi connectivity index (χ2v) is 9.02. The second-order valence-electron chi connectivity index (χ2n) is 6.98. The molecule has 1 fully saturated rings. The summed E-state index contributed by atoms with van der Waals surface area (Å²) in [7, 11) is 0. The van der Waals surface area contributed by atoms with Crippen LogP contribution < -0.4 is 16.4 Å². The fourth-order valence-electron chi connectivity index (χ4n) is 3.45. The van der Waals surface area contributed by atoms with E-state index in [1.165, 1.54) is 29.3 Å². The Morgan fingerprint density at radius 2 is 2.03 bits per heavy atom. The fraction of sp³-hybridized carbons (Fsp3) is 0.211. The molecule has 1 aromatic heterocycles. The van der Waals surface area contributed by atoms with Gasteiger partial charge in [0.15, 0.2) is 16.6 Å². The minimum absolute atomic E-state index is 0.0442. The molecule has 2 aromatic rings. The zero-order valence-electron chi connectivity index (χ0n) is 16.6. The van der Waals surface area contributed by atoms with E-state index in [4.69, 9.17) is 5.73 Å². The number of carboxylic acids is 1. The topological polar surface area (TPSA) is 195 Å². The highest BCUT2D eigenvalue weighted by Crippen LogP contribution is 2.40. The van der Waals surface area contributed by atoms with Crippen LogP contribution in [0.5, 0.6) is 11.5 Å². The van der Waals surface area contributed by atoms with Crippen LogP contribution in [0.2, 0.25) is 0 Å². The number of carbonyl (C=O) groups excluding carboxylic acids is 3. The van der Waals surface area contributed by atoms with Crippen LogP contribution >= 0.6 is 23.1 Å². The molecule has 2 aliphatic rings. The number of nitrogens with one attached hydrogen (secondary N) is 2. The summed E-state index contributed by atoms with van der Waals surface area (Å²) in [5.74, 6) is -3.80. The number of benzene rings is 1. The first-order valence-electron chi connectivity index (χ1n) is 9.41. The molecule has 2 atom stereocenters. The van der Waals surface area contributed by atoms with E-state index in [2.05, 4.69) is 15.6 Å². The molecular formula is C19H17N5O7S2. The summed E-state index contributed by atoms with van der Waals surface area (Å²) in [6.45, 7) is -0.484. The number of amides is 3. The molecule has 1 aromatic carbocycles. The smallest absolute Gasteiger partial charge is 0.352 e. The number of phenolic OH excluding ortho intramolecular Hbond substituents is 2. The van der Waals surface area contributed by atoms with E-state index in [0.717, 1.165) is 22.3 Å². The molecule has 33 heavy (non-hydrogen) atoms. The van der Waals surface area contributed by atoms with E-state index in [1.807, 2.05) is 0 Å². The third-order valence-corrected chi connectivity index (χ3v) is 6.83. The lowest BCUT2D eigenvalue weighted by atomic mass is 10.0. The number of rotatable bonds is 6. The molecular weight excluding hydrogens is 474 g/mol. The van der Waals surface area contributed by atoms with Gasteiger partial charge in [0.1, 0.15) is 17.1 Å². The molecule has 1 saturated heterocycles. The van der Waals surface area contributed by atoms with Crippen molar-refractivity contribution in [3.8, 4) is 22.8 Å². The number of carboxylic acid groups (broad SMARTS) is 1. The van der Waals surface area contributed by atoms with E-state index in [1.54, 1.807) is 0 Å². The largest absolute Gasteiger partial charge is 0.504 e. The first kappa shape index (κ1) is 22.4. The number of aromatic hydroxyl groups is 2. The van der Waals surface area contributed by atoms with Gasteiger partial charge in [0.25, 0.3) is 11.8 Å². The Morgan fingerprint density at radius 1 is 1.27 bits per heavy atom. The second kappa shape index (κ2) is 8.63. The van der Waals surface area contributed by atoms with Crippen LogP contribution in [0.15, 0.2) is 29.3 Å². The molecule has 0 spiro atoms. The summed E-state index contributed by atoms with van der Waals surface area (Å²) in [5.41, 5.74) is 5.58. The van der Waals surface area contributed by atoms with Crippen molar-refractivity contribution < 1.29 is 34.5 Å². The summed E-state index contributed by atoms with van der Waals surface area (Å²) in [4.78, 5) is 53.8. The van der Waals surface area contributed by atoms with Gasteiger partial charge in [-0.05, 0) is 18.2 Å². The van der Waals surface area contributed by atoms with E-state index in [-0.39, 0.29) is 27.6 Å². The van der Waals surface area contributed by atoms with Gasteiger partial charge in [-0.2, -0.15) is 0 Å². The summed E-state index contributed by atoms with van der Waals surface area (Å²) in [6, 6.07) is 1.48. The zero-order chi connectivity index (χ0) is 23.9. The Balaban J connectivity index is 1.42. The van der Waals surface area contributed by atoms with E-state index >= 15 is 0 Å². The average Bonchev–Trinajstić information content (AvgIpc) is 3.22. The first-order chi connectivity index (χ1) is 15.7. The van der Waals surface area contributed by atoms with Crippen LogP contribution in [0.1, 0.15) is 10.4 Å². The number of carbonyl (C=O) groups is 4. The highest BCUT2D eigenvalue weighted by Gasteiger charge is 2.52. The highest BCUT2D eigenvalue weighted by atomic mass is 32.2. The van der Waals surface area contributed by atoms with Crippen molar-refractivity contribution in [3.05, 3.63) is 34.8 Å². The number of phenols is 2. The number of β-lactam (4-membered cyclic amide) rings is 1. The van der Waals surface area contributed by atoms with Gasteiger partial charge in [0.05, 0.1) is 23.4 Å². The standard InChI is InChI=1S/C19H17N5O7S2/c20-19-22-8(6-33-19)12-7(1-2-10(25)14(12)27)15(28)21-5-11(26)23-13-16(29)24-9(18(30)31)3-4-32-17(13)24/h1-3,6,13,17,25,27H,4-5H2,(H2,20,22)(H,21,28)(H,23,26)(H,30,31). The first-order valence-corrected chi connectivity index (χ1v) is 11.3. The Morgan fingerprint density at radius 3 is 2.70 bits per heavy atom. The van der Waals surface area contributed by atoms with E-state index in [0.29, 0.717) is 5.75 Å². The number of nitrogens with zero attached hydrogens (tertiary/aromatic N) is 2. The Hall–Kier alpha value is -3.78. The van der Waals surface area contributed by atoms with Crippen molar-refractivity contribution in [2.75, 3.05) is 18.0 Å². The van der Waals surface area contributed by atoms with Crippen LogP contribution in [-0.2, 0) is 14.4 Å². The van der Waals surface area contributed by atoms with Gasteiger partial charge in [-0.3, -0.25) is 19.3 Å². The number of aliphatic carboxylic acids is 1. The van der Waals surface area contributed by atoms with Crippen LogP contribution in [0.3, 0.4) is 0 Å². The lowest BCUT2D eigenvalue weighted by Crippen LogP contribution is -2.70. The number of hydrogen-bond acceptors (Lipinski definition) is 10. The van der Waals surface area contributed by atoms with Crippen LogP contribution in [-0.4, -0.2) is 72.6 Å². The average molecular weight is 492 g/mol. The van der Waals surface area contributed by atoms with Crippen molar-refractivity contribution in [1.82, 2.24) is 20.5 Å². The van der Waals surface area contributed by atoms with Gasteiger partial charge >= 0.3 is 5.97 Å². The summed E-state index contributed by atoms with van der Waals surface area (Å²) in [6.07, 6.45) is 1.43. The summed E-state index contributed by atoms with van der Waals surface area (Å²) < 4.78 is 0. The minimum Gasteiger partial charge on any atom is -0.504 e. The Bertz CT molecular complexity index is 1210. The van der Waals surface area contributed by atoms with Gasteiger partial charge in [-0.1, -0.05) is 0 Å². The molecule has 3 amide bonds. The van der Waals surface area contributed by atoms with Crippen LogP contribution in [0.25, 0.3) is 11.3 Å². The number of thiazole rings is 1. The number of nitrogens with two attached hydrogens (primary N) is 1. The molecule has 2 unspecified atom stereocenters. The molecule has 172 valence electrons. The molecule has 4 rings (SSSR count). The zero-order valence-corrected chi connectivity index (χ0v) is 18.3. The monoisotopic (exact) mass is 491 g/mol.